The van der Waals surface area contributed by atoms with Crippen LogP contribution in [-0.2, 0) is 9.53 Å². The average molecular weight is 343 g/mol. The number of esters is 1. The van der Waals surface area contributed by atoms with Crippen LogP contribution in [0.5, 0.6) is 0 Å². The van der Waals surface area contributed by atoms with E-state index in [2.05, 4.69) is 18.2 Å². The summed E-state index contributed by atoms with van der Waals surface area (Å²) in [5.74, 6) is -0.632. The molecule has 0 rings (SSSR count). The zero-order valence-corrected chi connectivity index (χ0v) is 16.1. The normalized spacial score (nSPS) is 12.1. The van der Waals surface area contributed by atoms with Crippen LogP contribution in [0.1, 0.15) is 110 Å². The summed E-state index contributed by atoms with van der Waals surface area (Å²) in [7, 11) is 0. The fourth-order valence-electron chi connectivity index (χ4n) is 2.78. The van der Waals surface area contributed by atoms with Crippen molar-refractivity contribution in [3.63, 3.8) is 0 Å². The lowest BCUT2D eigenvalue weighted by Gasteiger charge is -2.09. The van der Waals surface area contributed by atoms with Crippen molar-refractivity contribution in [1.82, 2.24) is 0 Å². The molecule has 2 nitrogen and oxygen atoms in total. The molecule has 0 N–H and O–H groups in total. The molecule has 0 saturated carbocycles. The van der Waals surface area contributed by atoms with E-state index in [1.165, 1.54) is 77.6 Å². The number of halogens is 1. The number of hydrogen-bond acceptors (Lipinski definition) is 2. The van der Waals surface area contributed by atoms with Crippen molar-refractivity contribution in [3.8, 4) is 0 Å². The lowest BCUT2D eigenvalue weighted by Crippen LogP contribution is -2.13. The number of rotatable bonds is 17. The van der Waals surface area contributed by atoms with Gasteiger partial charge in [0.05, 0.1) is 0 Å². The second kappa shape index (κ2) is 17.0. The zero-order valence-electron chi connectivity index (χ0n) is 16.1. The van der Waals surface area contributed by atoms with E-state index < -0.39 is 12.3 Å². The first-order valence-corrected chi connectivity index (χ1v) is 10.1. The first-order chi connectivity index (χ1) is 11.6. The standard InChI is InChI=1S/C21H39FO2/c1-4-5-6-7-8-9-10-11-12-13-14-15-16-17-18-20(22)24-21(23)19(2)3/h20H,2,4-18H2,1,3H3. The predicted octanol–water partition coefficient (Wildman–Crippen LogP) is 7.27. The molecule has 0 aromatic rings. The summed E-state index contributed by atoms with van der Waals surface area (Å²) in [6.07, 6.45) is 16.7. The molecule has 0 saturated heterocycles. The first-order valence-electron chi connectivity index (χ1n) is 10.1. The lowest BCUT2D eigenvalue weighted by molar-refractivity contribution is -0.153. The SMILES string of the molecule is C=C(C)C(=O)OC(F)CCCCCCCCCCCCCCCC. The first kappa shape index (κ1) is 23.1. The monoisotopic (exact) mass is 342 g/mol. The summed E-state index contributed by atoms with van der Waals surface area (Å²) in [4.78, 5) is 11.1. The molecule has 0 aliphatic rings. The molecule has 0 spiro atoms. The van der Waals surface area contributed by atoms with Gasteiger partial charge in [-0.25, -0.2) is 9.18 Å². The van der Waals surface area contributed by atoms with E-state index in [0.29, 0.717) is 6.42 Å². The molecule has 0 bridgehead atoms. The zero-order chi connectivity index (χ0) is 18.0. The number of carbonyl (C=O) groups excluding carboxylic acids is 1. The Morgan fingerprint density at radius 3 is 1.58 bits per heavy atom. The van der Waals surface area contributed by atoms with Gasteiger partial charge in [-0.05, 0) is 13.3 Å². The van der Waals surface area contributed by atoms with Crippen molar-refractivity contribution in [2.24, 2.45) is 0 Å². The van der Waals surface area contributed by atoms with Gasteiger partial charge >= 0.3 is 5.97 Å². The highest BCUT2D eigenvalue weighted by molar-refractivity contribution is 5.86. The van der Waals surface area contributed by atoms with Gasteiger partial charge in [0.15, 0.2) is 0 Å². The van der Waals surface area contributed by atoms with Crippen LogP contribution in [0.4, 0.5) is 4.39 Å². The van der Waals surface area contributed by atoms with Crippen molar-refractivity contribution < 1.29 is 13.9 Å². The Balaban J connectivity index is 3.20. The summed E-state index contributed by atoms with van der Waals surface area (Å²) in [6.45, 7) is 7.23. The van der Waals surface area contributed by atoms with Crippen LogP contribution >= 0.6 is 0 Å². The van der Waals surface area contributed by atoms with Gasteiger partial charge in [-0.3, -0.25) is 0 Å². The van der Waals surface area contributed by atoms with Gasteiger partial charge in [-0.2, -0.15) is 0 Å². The Bertz CT molecular complexity index is 315. The maximum absolute atomic E-state index is 13.4. The summed E-state index contributed by atoms with van der Waals surface area (Å²) < 4.78 is 18.0. The highest BCUT2D eigenvalue weighted by Gasteiger charge is 2.12. The number of carbonyl (C=O) groups is 1. The fraction of sp³-hybridized carbons (Fsp3) is 0.857. The molecule has 24 heavy (non-hydrogen) atoms. The fourth-order valence-corrected chi connectivity index (χ4v) is 2.78. The number of unbranched alkanes of at least 4 members (excludes halogenated alkanes) is 13. The molecule has 3 heteroatoms. The summed E-state index contributed by atoms with van der Waals surface area (Å²) in [6, 6.07) is 0. The van der Waals surface area contributed by atoms with E-state index in [4.69, 9.17) is 0 Å². The molecule has 0 aliphatic carbocycles. The van der Waals surface area contributed by atoms with Crippen molar-refractivity contribution in [2.75, 3.05) is 0 Å². The third-order valence-corrected chi connectivity index (χ3v) is 4.37. The van der Waals surface area contributed by atoms with Crippen molar-refractivity contribution in [1.29, 1.82) is 0 Å². The largest absolute Gasteiger partial charge is 0.428 e. The molecule has 0 heterocycles. The maximum Gasteiger partial charge on any atom is 0.335 e. The smallest absolute Gasteiger partial charge is 0.335 e. The Labute approximate surface area is 149 Å². The van der Waals surface area contributed by atoms with Gasteiger partial charge < -0.3 is 4.74 Å². The van der Waals surface area contributed by atoms with Crippen LogP contribution in [0.15, 0.2) is 12.2 Å². The topological polar surface area (TPSA) is 26.3 Å². The number of hydrogen-bond donors (Lipinski definition) is 0. The van der Waals surface area contributed by atoms with Crippen LogP contribution in [0, 0.1) is 0 Å². The number of alkyl halides is 1. The van der Waals surface area contributed by atoms with Crippen molar-refractivity contribution in [3.05, 3.63) is 12.2 Å². The lowest BCUT2D eigenvalue weighted by atomic mass is 10.0. The van der Waals surface area contributed by atoms with E-state index in [9.17, 15) is 9.18 Å². The summed E-state index contributed by atoms with van der Waals surface area (Å²) in [5, 5.41) is 0. The third kappa shape index (κ3) is 16.0. The molecule has 1 unspecified atom stereocenters. The van der Waals surface area contributed by atoms with Crippen molar-refractivity contribution >= 4 is 5.97 Å². The number of ether oxygens (including phenoxy) is 1. The van der Waals surface area contributed by atoms with E-state index in [1.807, 2.05) is 0 Å². The molecule has 0 fully saturated rings. The minimum atomic E-state index is -1.48. The minimum Gasteiger partial charge on any atom is -0.428 e. The Hall–Kier alpha value is -0.860. The van der Waals surface area contributed by atoms with Gasteiger partial charge in [0.25, 0.3) is 0 Å². The van der Waals surface area contributed by atoms with Gasteiger partial charge in [0.2, 0.25) is 6.36 Å². The van der Waals surface area contributed by atoms with E-state index in [1.54, 1.807) is 0 Å². The predicted molar refractivity (Wildman–Crippen MR) is 101 cm³/mol. The van der Waals surface area contributed by atoms with E-state index >= 15 is 0 Å². The Kier molecular flexibility index (Phi) is 16.4. The average Bonchev–Trinajstić information content (AvgIpc) is 2.55. The van der Waals surface area contributed by atoms with Crippen LogP contribution in [0.3, 0.4) is 0 Å². The summed E-state index contributed by atoms with van der Waals surface area (Å²) >= 11 is 0. The van der Waals surface area contributed by atoms with Crippen LogP contribution < -0.4 is 0 Å². The van der Waals surface area contributed by atoms with Gasteiger partial charge in [0, 0.05) is 12.0 Å². The van der Waals surface area contributed by atoms with Crippen LogP contribution in [0.2, 0.25) is 0 Å². The molecule has 0 amide bonds. The highest BCUT2D eigenvalue weighted by Crippen LogP contribution is 2.15. The Morgan fingerprint density at radius 1 is 0.833 bits per heavy atom. The summed E-state index contributed by atoms with van der Waals surface area (Å²) in [5.41, 5.74) is 0.249. The van der Waals surface area contributed by atoms with Crippen LogP contribution in [0.25, 0.3) is 0 Å². The second-order valence-corrected chi connectivity index (χ2v) is 6.98. The van der Waals surface area contributed by atoms with Gasteiger partial charge in [0.1, 0.15) is 0 Å². The maximum atomic E-state index is 13.4. The van der Waals surface area contributed by atoms with Gasteiger partial charge in [-0.1, -0.05) is 97.0 Å². The van der Waals surface area contributed by atoms with E-state index in [0.717, 1.165) is 19.3 Å². The second-order valence-electron chi connectivity index (χ2n) is 6.98. The molecule has 0 aliphatic heterocycles. The molecule has 0 aromatic heterocycles. The quantitative estimate of drug-likeness (QED) is 0.158. The molecular weight excluding hydrogens is 303 g/mol. The Morgan fingerprint density at radius 2 is 1.21 bits per heavy atom. The molecule has 0 aromatic carbocycles. The van der Waals surface area contributed by atoms with Crippen molar-refractivity contribution in [2.45, 2.75) is 117 Å². The van der Waals surface area contributed by atoms with Crippen LogP contribution in [-0.4, -0.2) is 12.3 Å². The van der Waals surface area contributed by atoms with E-state index in [-0.39, 0.29) is 5.57 Å². The molecule has 0 radical (unpaired) electrons. The third-order valence-electron chi connectivity index (χ3n) is 4.37. The van der Waals surface area contributed by atoms with Gasteiger partial charge in [-0.15, -0.1) is 0 Å². The molecule has 142 valence electrons. The molecular formula is C21H39FO2. The minimum absolute atomic E-state index is 0.249. The molecule has 1 atom stereocenters. The highest BCUT2D eigenvalue weighted by atomic mass is 19.1.